The van der Waals surface area contributed by atoms with Crippen molar-refractivity contribution in [3.63, 3.8) is 0 Å². The fourth-order valence-electron chi connectivity index (χ4n) is 3.40. The van der Waals surface area contributed by atoms with Gasteiger partial charge in [0.05, 0.1) is 11.2 Å². The Bertz CT molecular complexity index is 690. The van der Waals surface area contributed by atoms with Crippen molar-refractivity contribution in [2.24, 2.45) is 7.05 Å². The minimum Gasteiger partial charge on any atom is -0.367 e. The lowest BCUT2D eigenvalue weighted by atomic mass is 10.00. The number of aryl methyl sites for hydroxylation is 1. The van der Waals surface area contributed by atoms with Crippen LogP contribution in [-0.2, 0) is 7.05 Å². The summed E-state index contributed by atoms with van der Waals surface area (Å²) >= 11 is 0. The fourth-order valence-corrected chi connectivity index (χ4v) is 3.40. The maximum Gasteiger partial charge on any atom is 0.252 e. The lowest BCUT2D eigenvalue weighted by Gasteiger charge is -2.38. The van der Waals surface area contributed by atoms with E-state index in [-0.39, 0.29) is 5.56 Å². The highest BCUT2D eigenvalue weighted by molar-refractivity contribution is 5.92. The topological polar surface area (TPSA) is 37.3 Å². The summed E-state index contributed by atoms with van der Waals surface area (Å²) in [5.74, 6) is 0. The molecular weight excluding hydrogens is 262 g/mol. The Kier molecular flexibility index (Phi) is 3.97. The summed E-state index contributed by atoms with van der Waals surface area (Å²) in [7, 11) is 3.84. The molecule has 1 fully saturated rings. The molecule has 0 spiro atoms. The number of rotatable bonds is 3. The molecule has 1 aliphatic heterocycles. The predicted octanol–water partition coefficient (Wildman–Crippen LogP) is 2.12. The van der Waals surface area contributed by atoms with Crippen LogP contribution in [0.3, 0.4) is 0 Å². The van der Waals surface area contributed by atoms with Gasteiger partial charge in [-0.15, -0.1) is 0 Å². The molecule has 21 heavy (non-hydrogen) atoms. The molecule has 0 amide bonds. The van der Waals surface area contributed by atoms with Crippen LogP contribution in [0.4, 0.5) is 5.69 Å². The molecule has 4 heteroatoms. The van der Waals surface area contributed by atoms with E-state index in [4.69, 9.17) is 0 Å². The summed E-state index contributed by atoms with van der Waals surface area (Å²) < 4.78 is 1.73. The molecule has 1 saturated heterocycles. The molecule has 1 N–H and O–H groups in total. The minimum atomic E-state index is 0.0671. The zero-order chi connectivity index (χ0) is 14.8. The Morgan fingerprint density at radius 3 is 2.90 bits per heavy atom. The van der Waals surface area contributed by atoms with E-state index in [1.807, 2.05) is 32.3 Å². The van der Waals surface area contributed by atoms with Gasteiger partial charge in [0.2, 0.25) is 0 Å². The molecule has 0 radical (unpaired) electrons. The lowest BCUT2D eigenvalue weighted by molar-refractivity contribution is 0.447. The Labute approximate surface area is 125 Å². The summed E-state index contributed by atoms with van der Waals surface area (Å²) in [4.78, 5) is 14.7. The second-order valence-electron chi connectivity index (χ2n) is 5.84. The number of piperidine rings is 1. The van der Waals surface area contributed by atoms with Gasteiger partial charge in [-0.2, -0.15) is 0 Å². The number of nitrogens with zero attached hydrogens (tertiary/aromatic N) is 2. The van der Waals surface area contributed by atoms with E-state index in [0.717, 1.165) is 24.3 Å². The number of nitrogens with one attached hydrogen (secondary N) is 1. The molecule has 2 aromatic rings. The number of likely N-dealkylation sites (N-methyl/N-ethyl adjacent to an activating group) is 1. The molecule has 0 bridgehead atoms. The zero-order valence-corrected chi connectivity index (χ0v) is 12.8. The summed E-state index contributed by atoms with van der Waals surface area (Å²) in [5.41, 5.74) is 2.17. The molecule has 3 rings (SSSR count). The van der Waals surface area contributed by atoms with E-state index in [1.165, 1.54) is 24.6 Å². The summed E-state index contributed by atoms with van der Waals surface area (Å²) in [6.45, 7) is 1.99. The van der Waals surface area contributed by atoms with Gasteiger partial charge in [0.25, 0.3) is 5.56 Å². The van der Waals surface area contributed by atoms with Crippen molar-refractivity contribution < 1.29 is 0 Å². The van der Waals surface area contributed by atoms with Gasteiger partial charge in [-0.25, -0.2) is 0 Å². The first kappa shape index (κ1) is 14.1. The van der Waals surface area contributed by atoms with Gasteiger partial charge >= 0.3 is 0 Å². The molecule has 1 aromatic heterocycles. The third-order valence-corrected chi connectivity index (χ3v) is 4.51. The van der Waals surface area contributed by atoms with Crippen LogP contribution < -0.4 is 15.8 Å². The first-order valence-electron chi connectivity index (χ1n) is 7.72. The van der Waals surface area contributed by atoms with E-state index < -0.39 is 0 Å². The summed E-state index contributed by atoms with van der Waals surface area (Å²) in [6.07, 6.45) is 3.65. The number of para-hydroxylation sites is 1. The van der Waals surface area contributed by atoms with E-state index >= 15 is 0 Å². The molecule has 112 valence electrons. The smallest absolute Gasteiger partial charge is 0.252 e. The number of hydrogen-bond donors (Lipinski definition) is 1. The van der Waals surface area contributed by atoms with E-state index in [1.54, 1.807) is 10.6 Å². The van der Waals surface area contributed by atoms with Crippen molar-refractivity contribution in [3.05, 3.63) is 40.7 Å². The molecule has 1 atom stereocenters. The van der Waals surface area contributed by atoms with Gasteiger partial charge < -0.3 is 14.8 Å². The number of anilines is 1. The van der Waals surface area contributed by atoms with E-state index in [9.17, 15) is 4.79 Å². The zero-order valence-electron chi connectivity index (χ0n) is 12.8. The van der Waals surface area contributed by atoms with Crippen LogP contribution in [0, 0.1) is 0 Å². The molecule has 1 unspecified atom stereocenters. The summed E-state index contributed by atoms with van der Waals surface area (Å²) in [5, 5.41) is 4.46. The Hall–Kier alpha value is -1.81. The maximum atomic E-state index is 12.3. The molecule has 2 heterocycles. The van der Waals surface area contributed by atoms with Crippen LogP contribution in [0.15, 0.2) is 35.1 Å². The van der Waals surface area contributed by atoms with Crippen molar-refractivity contribution in [3.8, 4) is 0 Å². The van der Waals surface area contributed by atoms with Gasteiger partial charge in [0, 0.05) is 37.6 Å². The number of fused-ring (bicyclic) bond motifs is 1. The van der Waals surface area contributed by atoms with Gasteiger partial charge in [0.1, 0.15) is 0 Å². The molecule has 1 aromatic carbocycles. The highest BCUT2D eigenvalue weighted by Crippen LogP contribution is 2.30. The highest BCUT2D eigenvalue weighted by Gasteiger charge is 2.24. The predicted molar refractivity (Wildman–Crippen MR) is 88.1 cm³/mol. The third kappa shape index (κ3) is 2.56. The van der Waals surface area contributed by atoms with Gasteiger partial charge in [0.15, 0.2) is 0 Å². The normalized spacial score (nSPS) is 19.1. The largest absolute Gasteiger partial charge is 0.367 e. The van der Waals surface area contributed by atoms with E-state index in [2.05, 4.69) is 16.3 Å². The number of hydrogen-bond acceptors (Lipinski definition) is 3. The van der Waals surface area contributed by atoms with Crippen molar-refractivity contribution in [1.82, 2.24) is 9.88 Å². The number of benzene rings is 1. The summed E-state index contributed by atoms with van der Waals surface area (Å²) in [6, 6.07) is 10.5. The Morgan fingerprint density at radius 1 is 1.29 bits per heavy atom. The van der Waals surface area contributed by atoms with E-state index in [0.29, 0.717) is 6.04 Å². The SMILES string of the molecule is CNCC1CCCCN1c1cc(=O)n(C)c2ccccc12. The molecule has 4 nitrogen and oxygen atoms in total. The number of pyridine rings is 1. The lowest BCUT2D eigenvalue weighted by Crippen LogP contribution is -2.45. The van der Waals surface area contributed by atoms with Crippen molar-refractivity contribution in [2.75, 3.05) is 25.0 Å². The van der Waals surface area contributed by atoms with Crippen LogP contribution in [0.1, 0.15) is 19.3 Å². The highest BCUT2D eigenvalue weighted by atomic mass is 16.1. The van der Waals surface area contributed by atoms with Crippen molar-refractivity contribution in [1.29, 1.82) is 0 Å². The molecule has 0 aliphatic carbocycles. The van der Waals surface area contributed by atoms with Crippen LogP contribution in [0.5, 0.6) is 0 Å². The van der Waals surface area contributed by atoms with Crippen molar-refractivity contribution >= 4 is 16.6 Å². The number of aromatic nitrogens is 1. The fraction of sp³-hybridized carbons (Fsp3) is 0.471. The molecule has 0 saturated carbocycles. The average Bonchev–Trinajstić information content (AvgIpc) is 2.52. The average molecular weight is 285 g/mol. The van der Waals surface area contributed by atoms with Gasteiger partial charge in [-0.05, 0) is 32.4 Å². The first-order chi connectivity index (χ1) is 10.2. The van der Waals surface area contributed by atoms with Crippen LogP contribution in [0.2, 0.25) is 0 Å². The standard InChI is InChI=1S/C17H23N3O/c1-18-12-13-7-5-6-10-20(13)16-11-17(21)19(2)15-9-4-3-8-14(15)16/h3-4,8-9,11,13,18H,5-7,10,12H2,1-2H3. The second-order valence-corrected chi connectivity index (χ2v) is 5.84. The van der Waals surface area contributed by atoms with Crippen LogP contribution >= 0.6 is 0 Å². The van der Waals surface area contributed by atoms with Crippen LogP contribution in [-0.4, -0.2) is 30.7 Å². The third-order valence-electron chi connectivity index (χ3n) is 4.51. The van der Waals surface area contributed by atoms with Gasteiger partial charge in [-0.1, -0.05) is 18.2 Å². The van der Waals surface area contributed by atoms with Crippen LogP contribution in [0.25, 0.3) is 10.9 Å². The quantitative estimate of drug-likeness (QED) is 0.938. The monoisotopic (exact) mass is 285 g/mol. The van der Waals surface area contributed by atoms with Gasteiger partial charge in [-0.3, -0.25) is 4.79 Å². The second kappa shape index (κ2) is 5.90. The Balaban J connectivity index is 2.14. The van der Waals surface area contributed by atoms with Crippen molar-refractivity contribution in [2.45, 2.75) is 25.3 Å². The maximum absolute atomic E-state index is 12.3. The Morgan fingerprint density at radius 2 is 2.10 bits per heavy atom. The first-order valence-corrected chi connectivity index (χ1v) is 7.72. The minimum absolute atomic E-state index is 0.0671. The molecular formula is C17H23N3O. The molecule has 1 aliphatic rings.